The van der Waals surface area contributed by atoms with E-state index in [-0.39, 0.29) is 108 Å². The second kappa shape index (κ2) is 55.6. The van der Waals surface area contributed by atoms with Gasteiger partial charge < -0.3 is 60.6 Å². The summed E-state index contributed by atoms with van der Waals surface area (Å²) in [4.78, 5) is 12.7. The number of hydrogen-bond acceptors (Lipinski definition) is 4. The van der Waals surface area contributed by atoms with Gasteiger partial charge in [0.15, 0.2) is 0 Å². The summed E-state index contributed by atoms with van der Waals surface area (Å²) in [7, 11) is 13.0. The molecule has 0 bridgehead atoms. The van der Waals surface area contributed by atoms with Gasteiger partial charge in [0.2, 0.25) is 18.0 Å². The Balaban J connectivity index is -0.0000000886. The van der Waals surface area contributed by atoms with E-state index in [1.165, 1.54) is 103 Å². The summed E-state index contributed by atoms with van der Waals surface area (Å²) in [5, 5.41) is 0. The number of rotatable bonds is 9. The van der Waals surface area contributed by atoms with Crippen molar-refractivity contribution in [1.29, 1.82) is 0 Å². The Labute approximate surface area is 455 Å². The summed E-state index contributed by atoms with van der Waals surface area (Å²) in [5.74, 6) is 3.97. The van der Waals surface area contributed by atoms with Crippen LogP contribution in [0.25, 0.3) is 0 Å². The van der Waals surface area contributed by atoms with E-state index in [1.807, 2.05) is 41.7 Å². The number of aliphatic imine (C=N–C) groups is 1. The fourth-order valence-corrected chi connectivity index (χ4v) is 6.57. The molecule has 3 fully saturated rings. The van der Waals surface area contributed by atoms with Crippen molar-refractivity contribution in [2.24, 2.45) is 4.99 Å². The van der Waals surface area contributed by atoms with Crippen LogP contribution in [-0.2, 0) is 0 Å². The molecule has 4 heterocycles. The van der Waals surface area contributed by atoms with Crippen molar-refractivity contribution in [2.75, 3.05) is 154 Å². The SMILES string of the molecule is C.C.CC(N1CCCC1)=[N+]1CCCC1.CC1=[N+](C)CCN1C.CN=C(C)N(C)C.CPC.CPN1CCCC1.[CH2-]CN(C=[N+](C[CH2-])C[CH2-])C[CH2-].[CH2-]CN(C[CH2-])PC.[U+2].[U+2].[U+2]. The van der Waals surface area contributed by atoms with Crippen molar-refractivity contribution in [3.05, 3.63) is 41.5 Å². The van der Waals surface area contributed by atoms with Crippen LogP contribution in [0.1, 0.15) is 74.1 Å². The molecular weight excluding hydrogens is 1480 g/mol. The molecule has 16 heteroatoms. The number of hydrogen-bond donors (Lipinski definition) is 0. The molecule has 60 heavy (non-hydrogen) atoms. The predicted octanol–water partition coefficient (Wildman–Crippen LogP) is 7.24. The van der Waals surface area contributed by atoms with Crippen LogP contribution < -0.4 is 0 Å². The normalized spacial score (nSPS) is 15.2. The first kappa shape index (κ1) is 79.3. The molecular formula is C44H100N10P3U3+3. The summed E-state index contributed by atoms with van der Waals surface area (Å²) in [6.07, 6.45) is 10.4. The largest absolute Gasteiger partial charge is 2.00 e. The van der Waals surface area contributed by atoms with Gasteiger partial charge in [0.25, 0.3) is 0 Å². The number of amidine groups is 3. The van der Waals surface area contributed by atoms with Crippen LogP contribution in [-0.4, -0.2) is 220 Å². The van der Waals surface area contributed by atoms with Gasteiger partial charge in [-0.05, 0) is 98.3 Å². The maximum absolute atomic E-state index is 3.93. The van der Waals surface area contributed by atoms with E-state index in [0.717, 1.165) is 71.1 Å². The van der Waals surface area contributed by atoms with Crippen LogP contribution in [0.5, 0.6) is 0 Å². The molecule has 10 nitrogen and oxygen atoms in total. The third-order valence-electron chi connectivity index (χ3n) is 9.73. The van der Waals surface area contributed by atoms with Gasteiger partial charge in [0.1, 0.15) is 13.1 Å². The van der Waals surface area contributed by atoms with Crippen LogP contribution in [0.3, 0.4) is 0 Å². The molecule has 0 radical (unpaired) electrons. The van der Waals surface area contributed by atoms with Gasteiger partial charge in [-0.1, -0.05) is 32.3 Å². The summed E-state index contributed by atoms with van der Waals surface area (Å²) < 4.78 is 11.5. The number of nitrogens with zero attached hydrogens (tertiary/aromatic N) is 10. The molecule has 0 spiro atoms. The topological polar surface area (TPSA) is 40.8 Å². The zero-order chi connectivity index (χ0) is 42.6. The second-order valence-corrected chi connectivity index (χ2v) is 17.0. The first-order chi connectivity index (χ1) is 26.2. The molecule has 4 aliphatic heterocycles. The average Bonchev–Trinajstić information content (AvgIpc) is 4.06. The first-order valence-electron chi connectivity index (χ1n) is 20.5. The number of likely N-dealkylation sites (tertiary alicyclic amines) is 1. The molecule has 4 rings (SSSR count). The van der Waals surface area contributed by atoms with Gasteiger partial charge >= 0.3 is 93.3 Å². The summed E-state index contributed by atoms with van der Waals surface area (Å²) >= 11 is 0. The molecule has 2 unspecified atom stereocenters. The molecule has 4 aliphatic rings. The molecule has 0 aromatic heterocycles. The van der Waals surface area contributed by atoms with Gasteiger partial charge in [-0.2, -0.15) is 0 Å². The summed E-state index contributed by atoms with van der Waals surface area (Å²) in [6.45, 7) is 52.6. The van der Waals surface area contributed by atoms with Crippen molar-refractivity contribution in [3.8, 4) is 0 Å². The zero-order valence-corrected chi connectivity index (χ0v) is 55.4. The number of likely N-dealkylation sites (N-methyl/N-ethyl adjacent to an activating group) is 2. The Kier molecular flexibility index (Phi) is 73.5. The minimum absolute atomic E-state index is 0. The van der Waals surface area contributed by atoms with E-state index >= 15 is 0 Å². The molecule has 0 aliphatic carbocycles. The molecule has 0 amide bonds. The Morgan fingerprint density at radius 1 is 0.750 bits per heavy atom. The van der Waals surface area contributed by atoms with Crippen molar-refractivity contribution in [2.45, 2.75) is 74.1 Å². The van der Waals surface area contributed by atoms with Crippen molar-refractivity contribution in [1.82, 2.24) is 28.9 Å². The standard InChI is InChI=1S/C10H19N2.C9H17N2.C6H13N2.C5H12N2.2C5H12NP.C2H7P.2CH4.3U/c1-10(11-6-2-3-7-11)12-8-4-5-9-12;1-5-10(6-2)9-11(7-3)8-4;1-6-7(2)4-5-8(6)3;1-5(6-2)7(3)4;1-7-6-4-2-3-5-6;1-4-6(5-2)7-3;1-3-2;;;;;/h2-9H2,1H3;9H,1-8H2;4-5H2,1-3H3;1-4H3;7H,2-5H2,1H3;7H,1-2,4-5H2,3H3;3H,1-2H3;2*1H4;;;/q+1;-3;+1;;;-2;;;;3*+2. The summed E-state index contributed by atoms with van der Waals surface area (Å²) in [6, 6.07) is 0. The smallest absolute Gasteiger partial charge is 0.367 e. The molecule has 3 saturated heterocycles. The zero-order valence-electron chi connectivity index (χ0n) is 39.9. The molecule has 2 atom stereocenters. The van der Waals surface area contributed by atoms with Gasteiger partial charge in [0.05, 0.1) is 46.1 Å². The van der Waals surface area contributed by atoms with E-state index in [4.69, 9.17) is 0 Å². The summed E-state index contributed by atoms with van der Waals surface area (Å²) in [5.41, 5.74) is 0. The predicted molar refractivity (Wildman–Crippen MR) is 272 cm³/mol. The quantitative estimate of drug-likeness (QED) is 0.0799. The van der Waals surface area contributed by atoms with Crippen molar-refractivity contribution >= 4 is 49.9 Å². The van der Waals surface area contributed by atoms with Gasteiger partial charge in [-0.25, -0.2) is 0 Å². The van der Waals surface area contributed by atoms with E-state index < -0.39 is 0 Å². The molecule has 0 saturated carbocycles. The van der Waals surface area contributed by atoms with Crippen LogP contribution >= 0.6 is 26.0 Å². The minimum atomic E-state index is 0. The molecule has 0 aromatic carbocycles. The van der Waals surface area contributed by atoms with Crippen LogP contribution in [0.15, 0.2) is 4.99 Å². The van der Waals surface area contributed by atoms with E-state index in [2.05, 4.69) is 129 Å². The Hall–Kier alpha value is 2.25. The first-order valence-corrected chi connectivity index (χ1v) is 25.4. The van der Waals surface area contributed by atoms with Crippen LogP contribution in [0.4, 0.5) is 0 Å². The Bertz CT molecular complexity index is 995. The van der Waals surface area contributed by atoms with Gasteiger partial charge in [-0.3, -0.25) is 28.6 Å². The fourth-order valence-electron chi connectivity index (χ4n) is 5.36. The van der Waals surface area contributed by atoms with E-state index in [9.17, 15) is 0 Å². The van der Waals surface area contributed by atoms with E-state index in [0.29, 0.717) is 0 Å². The van der Waals surface area contributed by atoms with Crippen molar-refractivity contribution in [3.63, 3.8) is 0 Å². The fraction of sp³-hybridized carbons (Fsp3) is 0.773. The third-order valence-corrected chi connectivity index (χ3v) is 11.9. The minimum Gasteiger partial charge on any atom is -0.367 e. The maximum Gasteiger partial charge on any atom is 2.00 e. The Morgan fingerprint density at radius 2 is 1.18 bits per heavy atom. The van der Waals surface area contributed by atoms with Crippen LogP contribution in [0.2, 0.25) is 0 Å². The molecule has 0 N–H and O–H groups in total. The van der Waals surface area contributed by atoms with Gasteiger partial charge in [-0.15, -0.1) is 21.7 Å². The second-order valence-electron chi connectivity index (χ2n) is 13.8. The van der Waals surface area contributed by atoms with E-state index in [1.54, 1.807) is 7.05 Å². The third kappa shape index (κ3) is 42.9. The van der Waals surface area contributed by atoms with Crippen molar-refractivity contribution < 1.29 is 107 Å². The maximum atomic E-state index is 3.93. The Morgan fingerprint density at radius 3 is 1.40 bits per heavy atom. The monoisotopic (exact) mass is 1580 g/mol. The molecule has 0 aromatic rings. The van der Waals surface area contributed by atoms with Gasteiger partial charge in [0, 0.05) is 48.1 Å². The molecule has 350 valence electrons. The van der Waals surface area contributed by atoms with Crippen LogP contribution in [0, 0.1) is 135 Å². The average molecular weight is 1580 g/mol.